The lowest BCUT2D eigenvalue weighted by Gasteiger charge is -2.17. The first-order chi connectivity index (χ1) is 8.65. The minimum absolute atomic E-state index is 0.177. The SMILES string of the molecule is C[C@@H]1CCc2c(sc(NC(=O)CC#N)c2C#N)C1. The summed E-state index contributed by atoms with van der Waals surface area (Å²) in [5, 5.41) is 21.0. The Morgan fingerprint density at radius 3 is 3.00 bits per heavy atom. The second-order valence-corrected chi connectivity index (χ2v) is 5.66. The molecule has 4 nitrogen and oxygen atoms in total. The van der Waals surface area contributed by atoms with Gasteiger partial charge < -0.3 is 5.32 Å². The molecule has 1 amide bonds. The minimum Gasteiger partial charge on any atom is -0.316 e. The molecule has 0 spiro atoms. The Kier molecular flexibility index (Phi) is 3.64. The molecule has 92 valence electrons. The van der Waals surface area contributed by atoms with Crippen molar-refractivity contribution in [3.63, 3.8) is 0 Å². The molecule has 0 aliphatic heterocycles. The van der Waals surface area contributed by atoms with Crippen molar-refractivity contribution < 1.29 is 4.79 Å². The fourth-order valence-corrected chi connectivity index (χ4v) is 3.58. The normalized spacial score (nSPS) is 17.4. The number of hydrogen-bond donors (Lipinski definition) is 1. The number of carbonyl (C=O) groups is 1. The number of fused-ring (bicyclic) bond motifs is 1. The summed E-state index contributed by atoms with van der Waals surface area (Å²) in [7, 11) is 0. The van der Waals surface area contributed by atoms with Crippen LogP contribution in [0.15, 0.2) is 0 Å². The standard InChI is InChI=1S/C13H13N3OS/c1-8-2-3-9-10(7-15)13(18-11(9)6-8)16-12(17)4-5-14/h8H,2-4,6H2,1H3,(H,16,17)/t8-/m1/s1. The molecule has 1 aliphatic rings. The second-order valence-electron chi connectivity index (χ2n) is 4.55. The third kappa shape index (κ3) is 2.37. The zero-order valence-corrected chi connectivity index (χ0v) is 10.9. The zero-order chi connectivity index (χ0) is 13.1. The van der Waals surface area contributed by atoms with E-state index in [4.69, 9.17) is 5.26 Å². The van der Waals surface area contributed by atoms with Crippen molar-refractivity contribution in [2.24, 2.45) is 5.92 Å². The van der Waals surface area contributed by atoms with Crippen LogP contribution < -0.4 is 5.32 Å². The number of carbonyl (C=O) groups excluding carboxylic acids is 1. The number of rotatable bonds is 2. The van der Waals surface area contributed by atoms with Crippen molar-refractivity contribution in [3.8, 4) is 12.1 Å². The number of nitrogens with zero attached hydrogens (tertiary/aromatic N) is 2. The Morgan fingerprint density at radius 1 is 1.56 bits per heavy atom. The van der Waals surface area contributed by atoms with Crippen LogP contribution in [0.5, 0.6) is 0 Å². The number of anilines is 1. The van der Waals surface area contributed by atoms with E-state index in [0.717, 1.165) is 24.8 Å². The Hall–Kier alpha value is -1.85. The minimum atomic E-state index is -0.347. The van der Waals surface area contributed by atoms with Crippen LogP contribution in [0.2, 0.25) is 0 Å². The van der Waals surface area contributed by atoms with E-state index in [0.29, 0.717) is 16.5 Å². The summed E-state index contributed by atoms with van der Waals surface area (Å²) in [5.74, 6) is 0.283. The van der Waals surface area contributed by atoms with Crippen LogP contribution in [-0.2, 0) is 17.6 Å². The first-order valence-electron chi connectivity index (χ1n) is 5.87. The summed E-state index contributed by atoms with van der Waals surface area (Å²) in [6.45, 7) is 2.20. The van der Waals surface area contributed by atoms with Gasteiger partial charge in [-0.25, -0.2) is 0 Å². The fourth-order valence-electron chi connectivity index (χ4n) is 2.20. The fraction of sp³-hybridized carbons (Fsp3) is 0.462. The lowest BCUT2D eigenvalue weighted by molar-refractivity contribution is -0.115. The number of amides is 1. The number of hydrogen-bond acceptors (Lipinski definition) is 4. The Morgan fingerprint density at radius 2 is 2.33 bits per heavy atom. The van der Waals surface area contributed by atoms with E-state index in [1.807, 2.05) is 0 Å². The third-order valence-corrected chi connectivity index (χ3v) is 4.29. The molecule has 0 saturated heterocycles. The van der Waals surface area contributed by atoms with Crippen molar-refractivity contribution in [1.82, 2.24) is 0 Å². The van der Waals surface area contributed by atoms with Gasteiger partial charge in [-0.2, -0.15) is 10.5 Å². The number of nitrogens with one attached hydrogen (secondary N) is 1. The summed E-state index contributed by atoms with van der Waals surface area (Å²) in [5.41, 5.74) is 1.68. The first-order valence-corrected chi connectivity index (χ1v) is 6.68. The average molecular weight is 259 g/mol. The topological polar surface area (TPSA) is 76.7 Å². The molecule has 0 fully saturated rings. The van der Waals surface area contributed by atoms with Gasteiger partial charge in [-0.15, -0.1) is 11.3 Å². The van der Waals surface area contributed by atoms with Crippen LogP contribution in [-0.4, -0.2) is 5.91 Å². The molecular weight excluding hydrogens is 246 g/mol. The third-order valence-electron chi connectivity index (χ3n) is 3.12. The van der Waals surface area contributed by atoms with E-state index in [1.165, 1.54) is 16.2 Å². The van der Waals surface area contributed by atoms with E-state index in [2.05, 4.69) is 18.3 Å². The van der Waals surface area contributed by atoms with Crippen LogP contribution in [0.3, 0.4) is 0 Å². The van der Waals surface area contributed by atoms with E-state index in [1.54, 1.807) is 6.07 Å². The molecule has 0 bridgehead atoms. The molecule has 18 heavy (non-hydrogen) atoms. The van der Waals surface area contributed by atoms with Gasteiger partial charge in [0, 0.05) is 4.88 Å². The highest BCUT2D eigenvalue weighted by Gasteiger charge is 2.24. The highest BCUT2D eigenvalue weighted by Crippen LogP contribution is 2.39. The molecule has 0 aromatic carbocycles. The van der Waals surface area contributed by atoms with Gasteiger partial charge in [-0.05, 0) is 30.7 Å². The smallest absolute Gasteiger partial charge is 0.239 e. The van der Waals surface area contributed by atoms with Crippen LogP contribution in [0.25, 0.3) is 0 Å². The lowest BCUT2D eigenvalue weighted by Crippen LogP contribution is -2.10. The highest BCUT2D eigenvalue weighted by molar-refractivity contribution is 7.16. The van der Waals surface area contributed by atoms with Gasteiger partial charge in [0.2, 0.25) is 5.91 Å². The quantitative estimate of drug-likeness (QED) is 0.886. The van der Waals surface area contributed by atoms with Gasteiger partial charge in [0.05, 0.1) is 11.6 Å². The van der Waals surface area contributed by atoms with Crippen LogP contribution in [0.4, 0.5) is 5.00 Å². The summed E-state index contributed by atoms with van der Waals surface area (Å²) in [6, 6.07) is 3.98. The maximum atomic E-state index is 11.4. The van der Waals surface area contributed by atoms with E-state index >= 15 is 0 Å². The van der Waals surface area contributed by atoms with Gasteiger partial charge in [0.15, 0.2) is 0 Å². The molecule has 1 aromatic heterocycles. The molecule has 2 rings (SSSR count). The number of thiophene rings is 1. The maximum absolute atomic E-state index is 11.4. The summed E-state index contributed by atoms with van der Waals surface area (Å²) < 4.78 is 0. The van der Waals surface area contributed by atoms with Gasteiger partial charge in [0.25, 0.3) is 0 Å². The zero-order valence-electron chi connectivity index (χ0n) is 10.1. The first kappa shape index (κ1) is 12.6. The largest absolute Gasteiger partial charge is 0.316 e. The summed E-state index contributed by atoms with van der Waals surface area (Å²) in [6.07, 6.45) is 2.79. The molecule has 1 aromatic rings. The molecular formula is C13H13N3OS. The maximum Gasteiger partial charge on any atom is 0.239 e. The van der Waals surface area contributed by atoms with Crippen LogP contribution in [0, 0.1) is 28.6 Å². The Balaban J connectivity index is 2.30. The van der Waals surface area contributed by atoms with Crippen molar-refractivity contribution in [3.05, 3.63) is 16.0 Å². The molecule has 0 unspecified atom stereocenters. The lowest BCUT2D eigenvalue weighted by atomic mass is 9.89. The highest BCUT2D eigenvalue weighted by atomic mass is 32.1. The van der Waals surface area contributed by atoms with Crippen LogP contribution in [0.1, 0.15) is 35.8 Å². The molecule has 1 aliphatic carbocycles. The predicted octanol–water partition coefficient (Wildman–Crippen LogP) is 2.60. The molecule has 1 N–H and O–H groups in total. The molecule has 1 atom stereocenters. The van der Waals surface area contributed by atoms with Crippen molar-refractivity contribution in [2.75, 3.05) is 5.32 Å². The van der Waals surface area contributed by atoms with Gasteiger partial charge in [-0.1, -0.05) is 6.92 Å². The Labute approximate surface area is 110 Å². The molecule has 1 heterocycles. The van der Waals surface area contributed by atoms with Crippen molar-refractivity contribution in [2.45, 2.75) is 32.6 Å². The predicted molar refractivity (Wildman–Crippen MR) is 69.1 cm³/mol. The van der Waals surface area contributed by atoms with E-state index in [-0.39, 0.29) is 12.3 Å². The molecule has 5 heteroatoms. The average Bonchev–Trinajstić information content (AvgIpc) is 2.65. The molecule has 0 saturated carbocycles. The summed E-state index contributed by atoms with van der Waals surface area (Å²) >= 11 is 1.48. The van der Waals surface area contributed by atoms with Gasteiger partial charge in [0.1, 0.15) is 17.5 Å². The van der Waals surface area contributed by atoms with E-state index < -0.39 is 0 Å². The van der Waals surface area contributed by atoms with Crippen molar-refractivity contribution >= 4 is 22.2 Å². The second kappa shape index (κ2) is 5.20. The summed E-state index contributed by atoms with van der Waals surface area (Å²) in [4.78, 5) is 12.6. The van der Waals surface area contributed by atoms with Crippen molar-refractivity contribution in [1.29, 1.82) is 10.5 Å². The van der Waals surface area contributed by atoms with Gasteiger partial charge >= 0.3 is 0 Å². The van der Waals surface area contributed by atoms with Gasteiger partial charge in [-0.3, -0.25) is 4.79 Å². The number of nitriles is 2. The molecule has 0 radical (unpaired) electrons. The van der Waals surface area contributed by atoms with E-state index in [9.17, 15) is 10.1 Å². The Bertz CT molecular complexity index is 562. The van der Waals surface area contributed by atoms with Crippen LogP contribution >= 0.6 is 11.3 Å². The monoisotopic (exact) mass is 259 g/mol.